The summed E-state index contributed by atoms with van der Waals surface area (Å²) in [6.07, 6.45) is 0. The van der Waals surface area contributed by atoms with Crippen LogP contribution in [-0.2, 0) is 16.1 Å². The number of esters is 1. The second-order valence-corrected chi connectivity index (χ2v) is 9.90. The number of carbonyl (C=O) groups excluding carboxylic acids is 1. The maximum Gasteiger partial charge on any atom is 0.303 e. The summed E-state index contributed by atoms with van der Waals surface area (Å²) in [6, 6.07) is 8.60. The number of thiophene rings is 1. The van der Waals surface area contributed by atoms with E-state index in [4.69, 9.17) is 9.73 Å². The molecule has 7 heteroatoms. The minimum Gasteiger partial charge on any atom is -0.460 e. The van der Waals surface area contributed by atoms with Gasteiger partial charge >= 0.3 is 5.97 Å². The molecule has 1 aliphatic heterocycles. The fraction of sp³-hybridized carbons (Fsp3) is 0.417. The van der Waals surface area contributed by atoms with Crippen LogP contribution in [0.3, 0.4) is 0 Å². The van der Waals surface area contributed by atoms with Gasteiger partial charge in [0.05, 0.1) is 5.71 Å². The third kappa shape index (κ3) is 5.10. The first-order chi connectivity index (χ1) is 14.5. The van der Waals surface area contributed by atoms with Crippen LogP contribution in [0.4, 0.5) is 0 Å². The quantitative estimate of drug-likeness (QED) is 0.486. The van der Waals surface area contributed by atoms with Crippen molar-refractivity contribution in [3.63, 3.8) is 0 Å². The van der Waals surface area contributed by atoms with Gasteiger partial charge in [0.25, 0.3) is 0 Å². The summed E-state index contributed by atoms with van der Waals surface area (Å²) < 4.78 is 6.96. The molecule has 1 aliphatic rings. The highest BCUT2D eigenvalue weighted by atomic mass is 32.1. The third-order valence-corrected chi connectivity index (χ3v) is 6.04. The Kier molecular flexibility index (Phi) is 6.46. The summed E-state index contributed by atoms with van der Waals surface area (Å²) in [5.74, 6) is 1.60. The number of aryl methyl sites for hydroxylation is 3. The van der Waals surface area contributed by atoms with E-state index in [1.807, 2.05) is 27.7 Å². The van der Waals surface area contributed by atoms with E-state index in [1.54, 1.807) is 11.3 Å². The van der Waals surface area contributed by atoms with E-state index in [1.165, 1.54) is 33.5 Å². The molecule has 3 aromatic rings. The molecule has 0 spiro atoms. The van der Waals surface area contributed by atoms with Crippen LogP contribution in [0.25, 0.3) is 5.00 Å². The summed E-state index contributed by atoms with van der Waals surface area (Å²) >= 11 is 1.80. The minimum absolute atomic E-state index is 0.225. The lowest BCUT2D eigenvalue weighted by molar-refractivity contribution is -0.151. The molecular weight excluding hydrogens is 408 g/mol. The Balaban J connectivity index is 0.000000293. The average Bonchev–Trinajstić information content (AvgIpc) is 3.09. The predicted octanol–water partition coefficient (Wildman–Crippen LogP) is 5.26. The molecule has 0 saturated heterocycles. The van der Waals surface area contributed by atoms with Gasteiger partial charge in [0.1, 0.15) is 23.0 Å². The Morgan fingerprint density at radius 3 is 2.26 bits per heavy atom. The maximum atomic E-state index is 10.2. The van der Waals surface area contributed by atoms with E-state index in [2.05, 4.69) is 59.8 Å². The van der Waals surface area contributed by atoms with Crippen LogP contribution in [0.1, 0.15) is 66.5 Å². The highest BCUT2D eigenvalue weighted by Gasteiger charge is 2.26. The second-order valence-electron chi connectivity index (χ2n) is 8.70. The Hall–Kier alpha value is -2.80. The first kappa shape index (κ1) is 22.9. The molecule has 6 nitrogen and oxygen atoms in total. The van der Waals surface area contributed by atoms with E-state index in [-0.39, 0.29) is 11.6 Å². The smallest absolute Gasteiger partial charge is 0.303 e. The summed E-state index contributed by atoms with van der Waals surface area (Å²) in [5.41, 5.74) is 5.67. The number of carbonyl (C=O) groups is 1. The van der Waals surface area contributed by atoms with Gasteiger partial charge in [0, 0.05) is 22.9 Å². The monoisotopic (exact) mass is 438 g/mol. The normalized spacial score (nSPS) is 12.7. The van der Waals surface area contributed by atoms with Gasteiger partial charge in [0.2, 0.25) is 0 Å². The van der Waals surface area contributed by atoms with Crippen LogP contribution in [0, 0.1) is 27.7 Å². The van der Waals surface area contributed by atoms with Crippen molar-refractivity contribution in [2.24, 2.45) is 4.99 Å². The lowest BCUT2D eigenvalue weighted by Gasteiger charge is -2.17. The van der Waals surface area contributed by atoms with Crippen molar-refractivity contribution in [2.45, 2.75) is 67.5 Å². The zero-order chi connectivity index (χ0) is 22.9. The van der Waals surface area contributed by atoms with Crippen molar-refractivity contribution in [1.82, 2.24) is 14.8 Å². The summed E-state index contributed by atoms with van der Waals surface area (Å²) in [5, 5.41) is 9.74. The maximum absolute atomic E-state index is 10.2. The van der Waals surface area contributed by atoms with Gasteiger partial charge in [-0.25, -0.2) is 0 Å². The van der Waals surface area contributed by atoms with Crippen molar-refractivity contribution >= 4 is 23.0 Å². The highest BCUT2D eigenvalue weighted by molar-refractivity contribution is 7.15. The molecule has 0 bridgehead atoms. The largest absolute Gasteiger partial charge is 0.460 e. The molecule has 4 rings (SSSR count). The minimum atomic E-state index is -0.328. The number of benzene rings is 1. The number of nitrogens with zero attached hydrogens (tertiary/aromatic N) is 4. The van der Waals surface area contributed by atoms with E-state index < -0.39 is 0 Å². The molecule has 164 valence electrons. The molecule has 0 amide bonds. The van der Waals surface area contributed by atoms with Crippen LogP contribution in [0.5, 0.6) is 0 Å². The van der Waals surface area contributed by atoms with Gasteiger partial charge in [-0.15, -0.1) is 21.5 Å². The average molecular weight is 439 g/mol. The van der Waals surface area contributed by atoms with Gasteiger partial charge in [-0.3, -0.25) is 14.4 Å². The Bertz CT molecular complexity index is 1130. The number of hydrogen-bond donors (Lipinski definition) is 0. The Labute approximate surface area is 188 Å². The van der Waals surface area contributed by atoms with Gasteiger partial charge in [0.15, 0.2) is 5.82 Å². The van der Waals surface area contributed by atoms with E-state index >= 15 is 0 Å². The molecule has 0 saturated carbocycles. The SMILES string of the molecule is CC(=O)OC(C)(C)C.Cc1ccc(C2=NCc3nnc(C)n3-c3sc(C)c(C)c32)cc1. The number of rotatable bonds is 1. The lowest BCUT2D eigenvalue weighted by Crippen LogP contribution is -2.21. The second kappa shape index (κ2) is 8.75. The van der Waals surface area contributed by atoms with Gasteiger partial charge in [-0.1, -0.05) is 29.8 Å². The number of aliphatic imine (C=N–C) groups is 1. The number of aromatic nitrogens is 3. The molecule has 0 unspecified atom stereocenters. The van der Waals surface area contributed by atoms with Crippen LogP contribution < -0.4 is 0 Å². The molecule has 0 radical (unpaired) electrons. The van der Waals surface area contributed by atoms with Gasteiger partial charge in [-0.05, 0) is 54.0 Å². The van der Waals surface area contributed by atoms with Crippen LogP contribution in [-0.4, -0.2) is 32.0 Å². The Morgan fingerprint density at radius 2 is 1.71 bits per heavy atom. The van der Waals surface area contributed by atoms with Gasteiger partial charge < -0.3 is 4.74 Å². The molecular formula is C24H30N4O2S. The van der Waals surface area contributed by atoms with Crippen molar-refractivity contribution in [1.29, 1.82) is 0 Å². The van der Waals surface area contributed by atoms with Crippen LogP contribution in [0.15, 0.2) is 29.3 Å². The van der Waals surface area contributed by atoms with Crippen molar-refractivity contribution in [3.05, 3.63) is 63.0 Å². The molecule has 1 aromatic carbocycles. The molecule has 3 heterocycles. The number of ether oxygens (including phenoxy) is 1. The molecule has 0 aliphatic carbocycles. The lowest BCUT2D eigenvalue weighted by atomic mass is 9.99. The van der Waals surface area contributed by atoms with E-state index in [0.717, 1.165) is 22.9 Å². The number of fused-ring (bicyclic) bond motifs is 3. The molecule has 31 heavy (non-hydrogen) atoms. The summed E-state index contributed by atoms with van der Waals surface area (Å²) in [7, 11) is 0. The van der Waals surface area contributed by atoms with Crippen molar-refractivity contribution in [2.75, 3.05) is 0 Å². The number of hydrogen-bond acceptors (Lipinski definition) is 6. The topological polar surface area (TPSA) is 69.4 Å². The predicted molar refractivity (Wildman–Crippen MR) is 125 cm³/mol. The summed E-state index contributed by atoms with van der Waals surface area (Å²) in [4.78, 5) is 16.4. The zero-order valence-corrected chi connectivity index (χ0v) is 20.3. The summed E-state index contributed by atoms with van der Waals surface area (Å²) in [6.45, 7) is 15.9. The van der Waals surface area contributed by atoms with E-state index in [9.17, 15) is 4.79 Å². The first-order valence-electron chi connectivity index (χ1n) is 10.3. The Morgan fingerprint density at radius 1 is 1.06 bits per heavy atom. The molecule has 0 fully saturated rings. The molecule has 2 aromatic heterocycles. The van der Waals surface area contributed by atoms with Crippen molar-refractivity contribution < 1.29 is 9.53 Å². The highest BCUT2D eigenvalue weighted by Crippen LogP contribution is 2.36. The van der Waals surface area contributed by atoms with Gasteiger partial charge in [-0.2, -0.15) is 0 Å². The molecule has 0 atom stereocenters. The molecule has 0 N–H and O–H groups in total. The third-order valence-electron chi connectivity index (χ3n) is 4.85. The fourth-order valence-electron chi connectivity index (χ4n) is 3.43. The fourth-order valence-corrected chi connectivity index (χ4v) is 4.65. The first-order valence-corrected chi connectivity index (χ1v) is 11.1. The van der Waals surface area contributed by atoms with Crippen molar-refractivity contribution in [3.8, 4) is 5.00 Å². The zero-order valence-electron chi connectivity index (χ0n) is 19.5. The van der Waals surface area contributed by atoms with Crippen LogP contribution >= 0.6 is 11.3 Å². The van der Waals surface area contributed by atoms with Crippen LogP contribution in [0.2, 0.25) is 0 Å². The van der Waals surface area contributed by atoms with E-state index in [0.29, 0.717) is 6.54 Å². The standard InChI is InChI=1S/C18H18N4S.C6H12O2/c1-10-5-7-14(8-6-10)17-16-11(2)12(3)23-18(16)22-13(4)20-21-15(22)9-19-17;1-5(7)8-6(2,3)4/h5-8H,9H2,1-4H3;1-4H3.